The maximum atomic E-state index is 10.6. The Kier molecular flexibility index (Phi) is 5.12. The number of hydrogen-bond acceptors (Lipinski definition) is 4. The molecule has 2 aromatic rings. The first-order valence-corrected chi connectivity index (χ1v) is 6.38. The van der Waals surface area contributed by atoms with Gasteiger partial charge in [0.2, 0.25) is 0 Å². The van der Waals surface area contributed by atoms with Crippen molar-refractivity contribution in [2.45, 2.75) is 0 Å². The van der Waals surface area contributed by atoms with Crippen LogP contribution in [0.15, 0.2) is 54.6 Å². The molecule has 0 unspecified atom stereocenters. The summed E-state index contributed by atoms with van der Waals surface area (Å²) >= 11 is 0. The smallest absolute Gasteiger partial charge is 0.780 e. The van der Waals surface area contributed by atoms with Gasteiger partial charge in [-0.05, 0) is 11.6 Å². The Morgan fingerprint density at radius 2 is 1.44 bits per heavy atom. The quantitative estimate of drug-likeness (QED) is 0.637. The van der Waals surface area contributed by atoms with Gasteiger partial charge in [-0.25, -0.2) is 0 Å². The molecule has 0 aliphatic carbocycles. The van der Waals surface area contributed by atoms with Gasteiger partial charge < -0.3 is 18.9 Å². The minimum absolute atomic E-state index is 0. The fourth-order valence-corrected chi connectivity index (χ4v) is 1.92. The molecule has 6 heteroatoms. The molecule has 0 saturated carbocycles. The van der Waals surface area contributed by atoms with Crippen molar-refractivity contribution in [1.82, 2.24) is 0 Å². The Bertz CT molecular complexity index is 553. The summed E-state index contributed by atoms with van der Waals surface area (Å²) < 4.78 is 15.1. The molecule has 0 spiro atoms. The van der Waals surface area contributed by atoms with Crippen LogP contribution in [0.1, 0.15) is 0 Å². The molecule has 0 fully saturated rings. The van der Waals surface area contributed by atoms with Crippen LogP contribution in [0.25, 0.3) is 11.1 Å². The summed E-state index contributed by atoms with van der Waals surface area (Å²) in [6.07, 6.45) is 0. The molecular formula is C12H9NiO4P. The van der Waals surface area contributed by atoms with Gasteiger partial charge in [-0.1, -0.05) is 48.5 Å². The van der Waals surface area contributed by atoms with Gasteiger partial charge >= 0.3 is 16.5 Å². The summed E-state index contributed by atoms with van der Waals surface area (Å²) in [5.41, 5.74) is 1.36. The van der Waals surface area contributed by atoms with E-state index in [1.807, 2.05) is 30.3 Å². The first-order chi connectivity index (χ1) is 8.06. The average Bonchev–Trinajstić information content (AvgIpc) is 2.29. The van der Waals surface area contributed by atoms with Crippen LogP contribution in [-0.2, 0) is 21.1 Å². The van der Waals surface area contributed by atoms with E-state index in [0.717, 1.165) is 5.56 Å². The predicted molar refractivity (Wildman–Crippen MR) is 60.1 cm³/mol. The second kappa shape index (κ2) is 6.17. The molecule has 4 nitrogen and oxygen atoms in total. The zero-order valence-corrected chi connectivity index (χ0v) is 11.0. The van der Waals surface area contributed by atoms with Gasteiger partial charge in [0.15, 0.2) is 0 Å². The third-order valence-electron chi connectivity index (χ3n) is 2.18. The SMILES string of the molecule is O=P([O-])([O-])Oc1ccccc1-c1ccccc1.[Ni+2]. The van der Waals surface area contributed by atoms with Crippen molar-refractivity contribution < 1.29 is 35.4 Å². The summed E-state index contributed by atoms with van der Waals surface area (Å²) in [7, 11) is -5.03. The van der Waals surface area contributed by atoms with E-state index in [1.165, 1.54) is 6.07 Å². The van der Waals surface area contributed by atoms with Crippen molar-refractivity contribution >= 4 is 7.82 Å². The van der Waals surface area contributed by atoms with E-state index in [1.54, 1.807) is 18.2 Å². The summed E-state index contributed by atoms with van der Waals surface area (Å²) in [6, 6.07) is 15.6. The van der Waals surface area contributed by atoms with Gasteiger partial charge in [0.25, 0.3) is 0 Å². The van der Waals surface area contributed by atoms with Crippen LogP contribution in [0.5, 0.6) is 5.75 Å². The molecule has 2 aromatic carbocycles. The van der Waals surface area contributed by atoms with E-state index in [-0.39, 0.29) is 22.2 Å². The Morgan fingerprint density at radius 3 is 2.06 bits per heavy atom. The summed E-state index contributed by atoms with van der Waals surface area (Å²) in [5.74, 6) is 0.0482. The van der Waals surface area contributed by atoms with E-state index < -0.39 is 7.82 Å². The van der Waals surface area contributed by atoms with Crippen LogP contribution < -0.4 is 14.3 Å². The predicted octanol–water partition coefficient (Wildman–Crippen LogP) is 1.56. The maximum absolute atomic E-state index is 10.6. The summed E-state index contributed by atoms with van der Waals surface area (Å²) in [5, 5.41) is 0. The fourth-order valence-electron chi connectivity index (χ4n) is 1.52. The van der Waals surface area contributed by atoms with E-state index in [0.29, 0.717) is 5.56 Å². The van der Waals surface area contributed by atoms with E-state index >= 15 is 0 Å². The zero-order valence-electron chi connectivity index (χ0n) is 9.09. The first-order valence-electron chi connectivity index (χ1n) is 4.92. The van der Waals surface area contributed by atoms with Crippen LogP contribution >= 0.6 is 7.82 Å². The Hall–Kier alpha value is -1.12. The Labute approximate surface area is 115 Å². The van der Waals surface area contributed by atoms with Crippen LogP contribution in [0.2, 0.25) is 0 Å². The van der Waals surface area contributed by atoms with Gasteiger partial charge in [0, 0.05) is 5.56 Å². The molecule has 0 aromatic heterocycles. The minimum Gasteiger partial charge on any atom is -0.780 e. The number of rotatable bonds is 3. The monoisotopic (exact) mass is 306 g/mol. The third kappa shape index (κ3) is 3.97. The molecule has 2 rings (SSSR count). The van der Waals surface area contributed by atoms with Crippen molar-refractivity contribution in [3.63, 3.8) is 0 Å². The molecule has 0 aliphatic rings. The molecule has 0 atom stereocenters. The fraction of sp³-hybridized carbons (Fsp3) is 0. The maximum Gasteiger partial charge on any atom is 2.00 e. The number of para-hydroxylation sites is 1. The van der Waals surface area contributed by atoms with Gasteiger partial charge in [-0.2, -0.15) is 0 Å². The standard InChI is InChI=1S/C12H11O4P.Ni/c13-17(14,15)16-12-9-5-4-8-11(12)10-6-2-1-3-7-10;/h1-9H,(H2,13,14,15);/q;+2/p-2. The topological polar surface area (TPSA) is 72.4 Å². The molecule has 0 N–H and O–H groups in total. The van der Waals surface area contributed by atoms with Crippen molar-refractivity contribution in [3.05, 3.63) is 54.6 Å². The van der Waals surface area contributed by atoms with Crippen LogP contribution in [0, 0.1) is 0 Å². The van der Waals surface area contributed by atoms with E-state index in [9.17, 15) is 14.4 Å². The van der Waals surface area contributed by atoms with Crippen molar-refractivity contribution in [1.29, 1.82) is 0 Å². The second-order valence-corrected chi connectivity index (χ2v) is 4.48. The zero-order chi connectivity index (χ0) is 12.3. The number of phosphoric ester groups is 1. The summed E-state index contributed by atoms with van der Waals surface area (Å²) in [6.45, 7) is 0. The normalized spacial score (nSPS) is 10.6. The summed E-state index contributed by atoms with van der Waals surface area (Å²) in [4.78, 5) is 21.3. The second-order valence-electron chi connectivity index (χ2n) is 3.40. The van der Waals surface area contributed by atoms with Crippen molar-refractivity contribution in [2.24, 2.45) is 0 Å². The van der Waals surface area contributed by atoms with Gasteiger partial charge in [0.05, 0.1) is 0 Å². The Balaban J connectivity index is 0.00000162. The minimum atomic E-state index is -5.03. The molecular weight excluding hydrogens is 298 g/mol. The molecule has 96 valence electrons. The van der Waals surface area contributed by atoms with Crippen LogP contribution in [0.3, 0.4) is 0 Å². The van der Waals surface area contributed by atoms with Gasteiger partial charge in [0.1, 0.15) is 13.6 Å². The van der Waals surface area contributed by atoms with Crippen LogP contribution in [-0.4, -0.2) is 0 Å². The molecule has 0 radical (unpaired) electrons. The third-order valence-corrected chi connectivity index (χ3v) is 2.60. The molecule has 0 bridgehead atoms. The number of benzene rings is 2. The molecule has 0 saturated heterocycles. The Morgan fingerprint density at radius 1 is 0.889 bits per heavy atom. The van der Waals surface area contributed by atoms with E-state index in [2.05, 4.69) is 4.52 Å². The molecule has 0 amide bonds. The van der Waals surface area contributed by atoms with Crippen molar-refractivity contribution in [3.8, 4) is 16.9 Å². The first kappa shape index (κ1) is 14.9. The van der Waals surface area contributed by atoms with Gasteiger partial charge in [-0.3, -0.25) is 0 Å². The molecule has 0 heterocycles. The number of hydrogen-bond donors (Lipinski definition) is 0. The van der Waals surface area contributed by atoms with Gasteiger partial charge in [-0.15, -0.1) is 0 Å². The number of phosphoric acid groups is 1. The van der Waals surface area contributed by atoms with Crippen LogP contribution in [0.4, 0.5) is 0 Å². The molecule has 0 aliphatic heterocycles. The average molecular weight is 307 g/mol. The van der Waals surface area contributed by atoms with E-state index in [4.69, 9.17) is 0 Å². The largest absolute Gasteiger partial charge is 2.00 e. The van der Waals surface area contributed by atoms with Crippen molar-refractivity contribution in [2.75, 3.05) is 0 Å². The molecule has 18 heavy (non-hydrogen) atoms.